The van der Waals surface area contributed by atoms with Crippen LogP contribution in [0.2, 0.25) is 0 Å². The number of carbonyl (C=O) groups is 1. The van der Waals surface area contributed by atoms with E-state index < -0.39 is 5.97 Å². The first kappa shape index (κ1) is 15.3. The van der Waals surface area contributed by atoms with Gasteiger partial charge in [-0.3, -0.25) is 0 Å². The molecule has 0 bridgehead atoms. The monoisotopic (exact) mass is 310 g/mol. The predicted molar refractivity (Wildman–Crippen MR) is 83.9 cm³/mol. The topological polar surface area (TPSA) is 63.1 Å². The standard InChI is InChI=1S/C14H18N2O2S2/c1-8-9-11(19-6-5-14(2,3)4)15-7-16-12(9)20-10(8)13(17)18/h7H,5-6H2,1-4H3,(H,17,18). The second-order valence-electron chi connectivity index (χ2n) is 5.88. The van der Waals surface area contributed by atoms with Crippen molar-refractivity contribution >= 4 is 39.3 Å². The quantitative estimate of drug-likeness (QED) is 0.676. The van der Waals surface area contributed by atoms with Crippen molar-refractivity contribution in [3.63, 3.8) is 0 Å². The van der Waals surface area contributed by atoms with Gasteiger partial charge in [0.05, 0.1) is 0 Å². The number of hydrogen-bond donors (Lipinski definition) is 1. The van der Waals surface area contributed by atoms with Gasteiger partial charge in [-0.15, -0.1) is 23.1 Å². The van der Waals surface area contributed by atoms with Gasteiger partial charge in [-0.2, -0.15) is 0 Å². The van der Waals surface area contributed by atoms with Gasteiger partial charge in [0.25, 0.3) is 0 Å². The van der Waals surface area contributed by atoms with Crippen molar-refractivity contribution in [1.29, 1.82) is 0 Å². The molecule has 0 aliphatic rings. The molecule has 2 aromatic heterocycles. The lowest BCUT2D eigenvalue weighted by atomic mass is 9.94. The fraction of sp³-hybridized carbons (Fsp3) is 0.500. The lowest BCUT2D eigenvalue weighted by Crippen LogP contribution is -2.05. The van der Waals surface area contributed by atoms with Crippen molar-refractivity contribution in [2.75, 3.05) is 5.75 Å². The van der Waals surface area contributed by atoms with E-state index in [9.17, 15) is 9.90 Å². The SMILES string of the molecule is Cc1c(C(=O)O)sc2ncnc(SCCC(C)(C)C)c12. The number of carboxylic acid groups (broad SMARTS) is 1. The Labute approximate surface area is 126 Å². The van der Waals surface area contributed by atoms with E-state index in [4.69, 9.17) is 0 Å². The molecule has 108 valence electrons. The molecule has 0 saturated carbocycles. The smallest absolute Gasteiger partial charge is 0.346 e. The minimum absolute atomic E-state index is 0.287. The van der Waals surface area contributed by atoms with Crippen LogP contribution in [0.5, 0.6) is 0 Å². The summed E-state index contributed by atoms with van der Waals surface area (Å²) in [6.07, 6.45) is 2.60. The highest BCUT2D eigenvalue weighted by Crippen LogP contribution is 2.36. The van der Waals surface area contributed by atoms with Gasteiger partial charge in [-0.05, 0) is 24.3 Å². The molecule has 2 rings (SSSR count). The van der Waals surface area contributed by atoms with E-state index in [2.05, 4.69) is 30.7 Å². The predicted octanol–water partition coefficient (Wildman–Crippen LogP) is 4.23. The third-order valence-electron chi connectivity index (χ3n) is 2.98. The molecule has 2 heterocycles. The molecule has 4 nitrogen and oxygen atoms in total. The van der Waals surface area contributed by atoms with E-state index in [0.717, 1.165) is 33.0 Å². The average molecular weight is 310 g/mol. The Kier molecular flexibility index (Phi) is 4.34. The van der Waals surface area contributed by atoms with Crippen LogP contribution in [-0.4, -0.2) is 26.8 Å². The molecule has 0 fully saturated rings. The normalized spacial score (nSPS) is 12.0. The average Bonchev–Trinajstić information content (AvgIpc) is 2.66. The van der Waals surface area contributed by atoms with Crippen LogP contribution in [0.25, 0.3) is 10.2 Å². The highest BCUT2D eigenvalue weighted by molar-refractivity contribution is 7.99. The Morgan fingerprint density at radius 1 is 1.40 bits per heavy atom. The van der Waals surface area contributed by atoms with E-state index in [-0.39, 0.29) is 5.41 Å². The number of thioether (sulfide) groups is 1. The molecule has 0 unspecified atom stereocenters. The fourth-order valence-electron chi connectivity index (χ4n) is 1.81. The third-order valence-corrected chi connectivity index (χ3v) is 5.16. The summed E-state index contributed by atoms with van der Waals surface area (Å²) in [5.41, 5.74) is 1.06. The Balaban J connectivity index is 2.32. The molecule has 0 saturated heterocycles. The zero-order valence-corrected chi connectivity index (χ0v) is 13.7. The summed E-state index contributed by atoms with van der Waals surface area (Å²) >= 11 is 2.90. The number of nitrogens with zero attached hydrogens (tertiary/aromatic N) is 2. The zero-order valence-electron chi connectivity index (χ0n) is 12.1. The van der Waals surface area contributed by atoms with Gasteiger partial charge in [0.15, 0.2) is 0 Å². The minimum atomic E-state index is -0.892. The van der Waals surface area contributed by atoms with Crippen LogP contribution in [0, 0.1) is 12.3 Å². The van der Waals surface area contributed by atoms with Gasteiger partial charge in [0, 0.05) is 11.1 Å². The number of rotatable bonds is 4. The Bertz CT molecular complexity index is 644. The molecule has 2 aromatic rings. The second kappa shape index (κ2) is 5.69. The molecule has 6 heteroatoms. The van der Waals surface area contributed by atoms with E-state index in [1.807, 2.05) is 6.92 Å². The summed E-state index contributed by atoms with van der Waals surface area (Å²) in [6, 6.07) is 0. The third kappa shape index (κ3) is 3.30. The van der Waals surface area contributed by atoms with Crippen LogP contribution in [0.1, 0.15) is 42.4 Å². The summed E-state index contributed by atoms with van der Waals surface area (Å²) in [4.78, 5) is 20.8. The molecule has 0 atom stereocenters. The van der Waals surface area contributed by atoms with Gasteiger partial charge in [-0.1, -0.05) is 20.8 Å². The zero-order chi connectivity index (χ0) is 14.9. The first-order chi connectivity index (χ1) is 9.29. The van der Waals surface area contributed by atoms with Crippen molar-refractivity contribution < 1.29 is 9.90 Å². The number of fused-ring (bicyclic) bond motifs is 1. The number of carboxylic acids is 1. The minimum Gasteiger partial charge on any atom is -0.477 e. The summed E-state index contributed by atoms with van der Waals surface area (Å²) in [5, 5.41) is 11.0. The van der Waals surface area contributed by atoms with E-state index in [1.54, 1.807) is 11.8 Å². The highest BCUT2D eigenvalue weighted by Gasteiger charge is 2.19. The first-order valence-corrected chi connectivity index (χ1v) is 8.20. The van der Waals surface area contributed by atoms with Crippen LogP contribution >= 0.6 is 23.1 Å². The summed E-state index contributed by atoms with van der Waals surface area (Å²) < 4.78 is 0. The summed E-state index contributed by atoms with van der Waals surface area (Å²) in [6.45, 7) is 8.46. The molecule has 1 N–H and O–H groups in total. The molecule has 20 heavy (non-hydrogen) atoms. The Morgan fingerprint density at radius 2 is 2.10 bits per heavy atom. The maximum absolute atomic E-state index is 11.2. The van der Waals surface area contributed by atoms with Gasteiger partial charge in [-0.25, -0.2) is 14.8 Å². The van der Waals surface area contributed by atoms with Crippen molar-refractivity contribution in [2.24, 2.45) is 5.41 Å². The molecular formula is C14H18N2O2S2. The number of hydrogen-bond acceptors (Lipinski definition) is 5. The van der Waals surface area contributed by atoms with Crippen LogP contribution in [0.3, 0.4) is 0 Å². The maximum Gasteiger partial charge on any atom is 0.346 e. The summed E-state index contributed by atoms with van der Waals surface area (Å²) in [7, 11) is 0. The lowest BCUT2D eigenvalue weighted by molar-refractivity contribution is 0.0701. The first-order valence-electron chi connectivity index (χ1n) is 6.40. The van der Waals surface area contributed by atoms with Crippen molar-refractivity contribution in [1.82, 2.24) is 9.97 Å². The molecule has 0 radical (unpaired) electrons. The van der Waals surface area contributed by atoms with Crippen LogP contribution in [-0.2, 0) is 0 Å². The molecular weight excluding hydrogens is 292 g/mol. The van der Waals surface area contributed by atoms with Gasteiger partial charge in [0.1, 0.15) is 21.1 Å². The Morgan fingerprint density at radius 3 is 2.70 bits per heavy atom. The second-order valence-corrected chi connectivity index (χ2v) is 7.96. The van der Waals surface area contributed by atoms with E-state index >= 15 is 0 Å². The van der Waals surface area contributed by atoms with Crippen LogP contribution < -0.4 is 0 Å². The lowest BCUT2D eigenvalue weighted by Gasteiger charge is -2.17. The number of aromatic nitrogens is 2. The number of aromatic carboxylic acids is 1. The molecule has 0 amide bonds. The summed E-state index contributed by atoms with van der Waals surface area (Å²) in [5.74, 6) is 0.0731. The van der Waals surface area contributed by atoms with Crippen molar-refractivity contribution in [3.8, 4) is 0 Å². The highest BCUT2D eigenvalue weighted by atomic mass is 32.2. The van der Waals surface area contributed by atoms with Crippen molar-refractivity contribution in [2.45, 2.75) is 39.1 Å². The molecule has 0 aromatic carbocycles. The molecule has 0 aliphatic carbocycles. The van der Waals surface area contributed by atoms with Crippen LogP contribution in [0.15, 0.2) is 11.4 Å². The molecule has 0 spiro atoms. The van der Waals surface area contributed by atoms with Crippen molar-refractivity contribution in [3.05, 3.63) is 16.8 Å². The maximum atomic E-state index is 11.2. The molecule has 0 aliphatic heterocycles. The Hall–Kier alpha value is -1.14. The van der Waals surface area contributed by atoms with Gasteiger partial charge in [0.2, 0.25) is 0 Å². The number of thiophene rings is 1. The largest absolute Gasteiger partial charge is 0.477 e. The van der Waals surface area contributed by atoms with E-state index in [0.29, 0.717) is 4.88 Å². The van der Waals surface area contributed by atoms with Gasteiger partial charge < -0.3 is 5.11 Å². The number of aryl methyl sites for hydroxylation is 1. The van der Waals surface area contributed by atoms with Gasteiger partial charge >= 0.3 is 5.97 Å². The van der Waals surface area contributed by atoms with E-state index in [1.165, 1.54) is 17.7 Å². The van der Waals surface area contributed by atoms with Crippen LogP contribution in [0.4, 0.5) is 0 Å². The fourth-order valence-corrected chi connectivity index (χ4v) is 4.28.